The number of para-hydroxylation sites is 1. The van der Waals surface area contributed by atoms with Crippen LogP contribution < -0.4 is 5.32 Å². The van der Waals surface area contributed by atoms with Gasteiger partial charge in [-0.25, -0.2) is 9.18 Å². The van der Waals surface area contributed by atoms with Crippen LogP contribution in [0.15, 0.2) is 46.9 Å². The third-order valence-electron chi connectivity index (χ3n) is 3.16. The van der Waals surface area contributed by atoms with Crippen molar-refractivity contribution in [2.24, 2.45) is 0 Å². The number of nitrogens with one attached hydrogen (secondary N) is 1. The minimum atomic E-state index is -1.49. The summed E-state index contributed by atoms with van der Waals surface area (Å²) in [5.41, 5.74) is -0.606. The highest BCUT2D eigenvalue weighted by molar-refractivity contribution is 9.10. The zero-order chi connectivity index (χ0) is 15.6. The third-order valence-corrected chi connectivity index (χ3v) is 4.16. The Kier molecular flexibility index (Phi) is 4.54. The van der Waals surface area contributed by atoms with Crippen molar-refractivity contribution in [2.45, 2.75) is 12.5 Å². The topological polar surface area (TPSA) is 49.3 Å². The Morgan fingerprint density at radius 3 is 2.57 bits per heavy atom. The van der Waals surface area contributed by atoms with E-state index in [1.54, 1.807) is 18.2 Å². The predicted octanol–water partition coefficient (Wildman–Crippen LogP) is 4.65. The molecule has 0 saturated carbocycles. The lowest BCUT2D eigenvalue weighted by Crippen LogP contribution is -2.40. The van der Waals surface area contributed by atoms with Gasteiger partial charge in [0.1, 0.15) is 5.82 Å². The van der Waals surface area contributed by atoms with Gasteiger partial charge in [-0.15, -0.1) is 0 Å². The predicted molar refractivity (Wildman–Crippen MR) is 84.2 cm³/mol. The van der Waals surface area contributed by atoms with Crippen LogP contribution in [0.3, 0.4) is 0 Å². The number of benzene rings is 2. The largest absolute Gasteiger partial charge is 0.479 e. The van der Waals surface area contributed by atoms with Crippen molar-refractivity contribution in [1.82, 2.24) is 0 Å². The molecule has 0 bridgehead atoms. The lowest BCUT2D eigenvalue weighted by Gasteiger charge is -2.29. The van der Waals surface area contributed by atoms with Crippen molar-refractivity contribution in [3.8, 4) is 0 Å². The molecule has 21 heavy (non-hydrogen) atoms. The van der Waals surface area contributed by atoms with Gasteiger partial charge < -0.3 is 10.4 Å². The number of hydrogen-bond acceptors (Lipinski definition) is 2. The van der Waals surface area contributed by atoms with Crippen molar-refractivity contribution in [3.05, 3.63) is 63.3 Å². The average molecular weight is 373 g/mol. The van der Waals surface area contributed by atoms with E-state index in [0.717, 1.165) is 10.5 Å². The molecule has 0 radical (unpaired) electrons. The maximum Gasteiger partial charge on any atom is 0.333 e. The molecule has 2 aromatic rings. The number of carboxylic acids is 1. The van der Waals surface area contributed by atoms with E-state index < -0.39 is 17.3 Å². The maximum atomic E-state index is 13.2. The van der Waals surface area contributed by atoms with Gasteiger partial charge in [-0.2, -0.15) is 0 Å². The smallest absolute Gasteiger partial charge is 0.333 e. The molecular weight excluding hydrogens is 361 g/mol. The van der Waals surface area contributed by atoms with Gasteiger partial charge >= 0.3 is 5.97 Å². The Morgan fingerprint density at radius 1 is 1.33 bits per heavy atom. The number of carbonyl (C=O) groups is 1. The summed E-state index contributed by atoms with van der Waals surface area (Å²) in [4.78, 5) is 11.7. The van der Waals surface area contributed by atoms with Crippen LogP contribution in [0.1, 0.15) is 12.5 Å². The lowest BCUT2D eigenvalue weighted by atomic mass is 9.91. The molecule has 110 valence electrons. The van der Waals surface area contributed by atoms with Gasteiger partial charge in [-0.1, -0.05) is 29.8 Å². The van der Waals surface area contributed by atoms with Crippen LogP contribution in [0.5, 0.6) is 0 Å². The highest BCUT2D eigenvalue weighted by Crippen LogP contribution is 2.34. The van der Waals surface area contributed by atoms with E-state index in [9.17, 15) is 14.3 Å². The summed E-state index contributed by atoms with van der Waals surface area (Å²) >= 11 is 9.36. The van der Waals surface area contributed by atoms with Crippen molar-refractivity contribution in [2.75, 3.05) is 5.32 Å². The minimum absolute atomic E-state index is 0.0550. The number of anilines is 1. The van der Waals surface area contributed by atoms with Crippen LogP contribution in [-0.4, -0.2) is 11.1 Å². The number of carboxylic acid groups (broad SMARTS) is 1. The monoisotopic (exact) mass is 371 g/mol. The van der Waals surface area contributed by atoms with Crippen LogP contribution in [0, 0.1) is 5.82 Å². The van der Waals surface area contributed by atoms with Crippen molar-refractivity contribution < 1.29 is 14.3 Å². The molecule has 1 unspecified atom stereocenters. The van der Waals surface area contributed by atoms with Crippen molar-refractivity contribution >= 4 is 39.2 Å². The molecule has 0 spiro atoms. The van der Waals surface area contributed by atoms with E-state index in [1.165, 1.54) is 19.1 Å². The zero-order valence-corrected chi connectivity index (χ0v) is 13.4. The van der Waals surface area contributed by atoms with Gasteiger partial charge in [0.15, 0.2) is 5.54 Å². The Bertz CT molecular complexity index is 695. The van der Waals surface area contributed by atoms with Gasteiger partial charge in [0.25, 0.3) is 0 Å². The molecule has 0 fully saturated rings. The van der Waals surface area contributed by atoms with Crippen molar-refractivity contribution in [1.29, 1.82) is 0 Å². The zero-order valence-electron chi connectivity index (χ0n) is 11.0. The van der Waals surface area contributed by atoms with E-state index >= 15 is 0 Å². The van der Waals surface area contributed by atoms with Crippen LogP contribution >= 0.6 is 27.5 Å². The number of hydrogen-bond donors (Lipinski definition) is 2. The fourth-order valence-corrected chi connectivity index (χ4v) is 2.70. The van der Waals surface area contributed by atoms with Crippen LogP contribution in [0.2, 0.25) is 5.02 Å². The highest BCUT2D eigenvalue weighted by Gasteiger charge is 2.37. The van der Waals surface area contributed by atoms with E-state index in [4.69, 9.17) is 11.6 Å². The summed E-state index contributed by atoms with van der Waals surface area (Å²) in [6.07, 6.45) is 0. The third kappa shape index (κ3) is 3.19. The highest BCUT2D eigenvalue weighted by atomic mass is 79.9. The molecule has 6 heteroatoms. The van der Waals surface area contributed by atoms with Gasteiger partial charge in [0.2, 0.25) is 0 Å². The number of halogens is 3. The second-order valence-corrected chi connectivity index (χ2v) is 5.92. The molecule has 0 amide bonds. The second kappa shape index (κ2) is 6.03. The van der Waals surface area contributed by atoms with Crippen LogP contribution in [0.25, 0.3) is 0 Å². The van der Waals surface area contributed by atoms with Crippen LogP contribution in [0.4, 0.5) is 10.1 Å². The lowest BCUT2D eigenvalue weighted by molar-refractivity contribution is -0.142. The van der Waals surface area contributed by atoms with Gasteiger partial charge in [0.05, 0.1) is 0 Å². The van der Waals surface area contributed by atoms with E-state index in [-0.39, 0.29) is 10.6 Å². The summed E-state index contributed by atoms with van der Waals surface area (Å²) in [5, 5.41) is 12.6. The van der Waals surface area contributed by atoms with E-state index in [2.05, 4.69) is 21.2 Å². The van der Waals surface area contributed by atoms with Gasteiger partial charge in [0, 0.05) is 20.7 Å². The van der Waals surface area contributed by atoms with Gasteiger partial charge in [-0.3, -0.25) is 0 Å². The fourth-order valence-electron chi connectivity index (χ4n) is 1.96. The summed E-state index contributed by atoms with van der Waals surface area (Å²) in [5.74, 6) is -1.64. The standard InChI is InChI=1S/C15H12BrClFNO2/c1-15(14(20)21,10-7-6-9(18)8-12(10)17)19-13-5-3-2-4-11(13)16/h2-8,19H,1H3,(H,20,21). The first kappa shape index (κ1) is 15.8. The van der Waals surface area contributed by atoms with Crippen molar-refractivity contribution in [3.63, 3.8) is 0 Å². The van der Waals surface area contributed by atoms with Crippen LogP contribution in [-0.2, 0) is 10.3 Å². The molecule has 2 rings (SSSR count). The molecule has 2 N–H and O–H groups in total. The first-order valence-electron chi connectivity index (χ1n) is 6.06. The number of aliphatic carboxylic acids is 1. The molecular formula is C15H12BrClFNO2. The first-order valence-corrected chi connectivity index (χ1v) is 7.23. The molecule has 0 heterocycles. The normalized spacial score (nSPS) is 13.5. The second-order valence-electron chi connectivity index (χ2n) is 4.66. The molecule has 0 aliphatic rings. The van der Waals surface area contributed by atoms with Gasteiger partial charge in [-0.05, 0) is 47.1 Å². The molecule has 0 aromatic heterocycles. The average Bonchev–Trinajstić information content (AvgIpc) is 2.41. The number of rotatable bonds is 4. The summed E-state index contributed by atoms with van der Waals surface area (Å²) in [6, 6.07) is 10.8. The Balaban J connectivity index is 2.51. The Morgan fingerprint density at radius 2 is 2.00 bits per heavy atom. The molecule has 0 aliphatic carbocycles. The summed E-state index contributed by atoms with van der Waals surface area (Å²) in [6.45, 7) is 1.48. The fraction of sp³-hybridized carbons (Fsp3) is 0.133. The summed E-state index contributed by atoms with van der Waals surface area (Å²) < 4.78 is 13.9. The van der Waals surface area contributed by atoms with E-state index in [1.807, 2.05) is 6.07 Å². The summed E-state index contributed by atoms with van der Waals surface area (Å²) in [7, 11) is 0. The Labute approximate surface area is 134 Å². The Hall–Kier alpha value is -1.59. The molecule has 2 aromatic carbocycles. The molecule has 3 nitrogen and oxygen atoms in total. The quantitative estimate of drug-likeness (QED) is 0.821. The first-order chi connectivity index (χ1) is 9.84. The minimum Gasteiger partial charge on any atom is -0.479 e. The molecule has 0 saturated heterocycles. The molecule has 0 aliphatic heterocycles. The SMILES string of the molecule is CC(Nc1ccccc1Br)(C(=O)O)c1ccc(F)cc1Cl. The maximum absolute atomic E-state index is 13.2. The van der Waals surface area contributed by atoms with E-state index in [0.29, 0.717) is 5.69 Å². The molecule has 1 atom stereocenters.